The average Bonchev–Trinajstić information content (AvgIpc) is 3.27. The molecule has 1 fully saturated rings. The Hall–Kier alpha value is -2.68. The molecule has 0 radical (unpaired) electrons. The van der Waals surface area contributed by atoms with Gasteiger partial charge in [-0.3, -0.25) is 4.79 Å². The highest BCUT2D eigenvalue weighted by atomic mass is 32.2. The number of carboxylic acids is 1. The highest BCUT2D eigenvalue weighted by Gasteiger charge is 2.36. The van der Waals surface area contributed by atoms with E-state index in [1.54, 1.807) is 19.1 Å². The van der Waals surface area contributed by atoms with Gasteiger partial charge in [0.2, 0.25) is 5.89 Å². The third-order valence-corrected chi connectivity index (χ3v) is 7.61. The minimum absolute atomic E-state index is 0.00802. The van der Waals surface area contributed by atoms with Crippen LogP contribution in [0.15, 0.2) is 28.7 Å². The number of carboxylic acid groups (broad SMARTS) is 1. The molecule has 9 heteroatoms. The second kappa shape index (κ2) is 9.05. The number of aryl methyl sites for hydroxylation is 1. The first-order chi connectivity index (χ1) is 14.8. The van der Waals surface area contributed by atoms with Gasteiger partial charge < -0.3 is 14.3 Å². The summed E-state index contributed by atoms with van der Waals surface area (Å²) in [6.45, 7) is 7.08. The molecule has 0 saturated heterocycles. The van der Waals surface area contributed by atoms with Crippen molar-refractivity contribution in [3.8, 4) is 11.5 Å². The number of rotatable bonds is 7. The third-order valence-electron chi connectivity index (χ3n) is 5.49. The number of oxazole rings is 1. The average molecular weight is 464 g/mol. The molecule has 1 aliphatic carbocycles. The molecule has 0 aliphatic heterocycles. The van der Waals surface area contributed by atoms with Gasteiger partial charge in [0.05, 0.1) is 22.3 Å². The van der Waals surface area contributed by atoms with Gasteiger partial charge in [-0.1, -0.05) is 0 Å². The standard InChI is InChI=1S/C23H29NO7S/c1-14-19(24-21(30-14)16-6-8-17(9-7-16)22(26)27)13-32(28,29)18-10-5-15(11-18)12-20(25)31-23(2,3)4/h6-9,15,18H,5,10-13H2,1-4H3,(H,26,27)/t15-,18-/m0/s1. The van der Waals surface area contributed by atoms with Crippen LogP contribution in [0.5, 0.6) is 0 Å². The summed E-state index contributed by atoms with van der Waals surface area (Å²) in [6, 6.07) is 6.03. The summed E-state index contributed by atoms with van der Waals surface area (Å²) in [7, 11) is -3.48. The molecular weight excluding hydrogens is 434 g/mol. The molecule has 2 atom stereocenters. The topological polar surface area (TPSA) is 124 Å². The van der Waals surface area contributed by atoms with Crippen LogP contribution in [-0.2, 0) is 25.1 Å². The second-order valence-corrected chi connectivity index (χ2v) is 11.6. The van der Waals surface area contributed by atoms with E-state index in [-0.39, 0.29) is 35.5 Å². The van der Waals surface area contributed by atoms with E-state index in [2.05, 4.69) is 4.98 Å². The summed E-state index contributed by atoms with van der Waals surface area (Å²) in [5.74, 6) is -0.918. The molecule has 0 unspecified atom stereocenters. The summed E-state index contributed by atoms with van der Waals surface area (Å²) in [5.41, 5.74) is 0.497. The van der Waals surface area contributed by atoms with Crippen molar-refractivity contribution in [2.45, 2.75) is 70.0 Å². The van der Waals surface area contributed by atoms with Crippen molar-refractivity contribution in [1.82, 2.24) is 4.98 Å². The Kier molecular flexibility index (Phi) is 6.78. The van der Waals surface area contributed by atoms with Crippen LogP contribution in [0.2, 0.25) is 0 Å². The number of ether oxygens (including phenoxy) is 1. The van der Waals surface area contributed by atoms with Gasteiger partial charge >= 0.3 is 11.9 Å². The van der Waals surface area contributed by atoms with Gasteiger partial charge in [-0.15, -0.1) is 0 Å². The van der Waals surface area contributed by atoms with Gasteiger partial charge in [0.15, 0.2) is 9.84 Å². The molecule has 0 amide bonds. The van der Waals surface area contributed by atoms with E-state index >= 15 is 0 Å². The molecule has 32 heavy (non-hydrogen) atoms. The van der Waals surface area contributed by atoms with Crippen molar-refractivity contribution in [2.24, 2.45) is 5.92 Å². The molecule has 1 aliphatic rings. The zero-order valence-electron chi connectivity index (χ0n) is 18.8. The number of benzene rings is 1. The van der Waals surface area contributed by atoms with Crippen LogP contribution in [0, 0.1) is 12.8 Å². The maximum atomic E-state index is 13.0. The highest BCUT2D eigenvalue weighted by molar-refractivity contribution is 7.91. The first kappa shape index (κ1) is 24.0. The number of carbonyl (C=O) groups is 2. The molecule has 1 aromatic carbocycles. The van der Waals surface area contributed by atoms with E-state index < -0.39 is 26.7 Å². The molecule has 1 heterocycles. The Morgan fingerprint density at radius 2 is 1.84 bits per heavy atom. The van der Waals surface area contributed by atoms with Crippen molar-refractivity contribution in [2.75, 3.05) is 0 Å². The fourth-order valence-corrected chi connectivity index (χ4v) is 5.85. The van der Waals surface area contributed by atoms with Crippen molar-refractivity contribution >= 4 is 21.8 Å². The third kappa shape index (κ3) is 5.97. The maximum absolute atomic E-state index is 13.0. The largest absolute Gasteiger partial charge is 0.478 e. The van der Waals surface area contributed by atoms with Gasteiger partial charge in [-0.05, 0) is 77.1 Å². The summed E-state index contributed by atoms with van der Waals surface area (Å²) in [4.78, 5) is 27.4. The van der Waals surface area contributed by atoms with E-state index in [4.69, 9.17) is 14.3 Å². The van der Waals surface area contributed by atoms with Crippen molar-refractivity contribution in [3.05, 3.63) is 41.3 Å². The zero-order chi connectivity index (χ0) is 23.7. The SMILES string of the molecule is Cc1oc(-c2ccc(C(=O)O)cc2)nc1CS(=O)(=O)[C@H]1CC[C@H](CC(=O)OC(C)(C)C)C1. The van der Waals surface area contributed by atoms with Gasteiger partial charge in [0.1, 0.15) is 11.4 Å². The van der Waals surface area contributed by atoms with Crippen LogP contribution in [0.1, 0.15) is 68.3 Å². The van der Waals surface area contributed by atoms with Crippen LogP contribution < -0.4 is 0 Å². The second-order valence-electron chi connectivity index (χ2n) is 9.30. The Morgan fingerprint density at radius 3 is 2.44 bits per heavy atom. The normalized spacial score (nSPS) is 19.1. The van der Waals surface area contributed by atoms with Crippen molar-refractivity contribution < 1.29 is 32.3 Å². The van der Waals surface area contributed by atoms with Gasteiger partial charge in [0.25, 0.3) is 0 Å². The molecule has 1 N–H and O–H groups in total. The lowest BCUT2D eigenvalue weighted by molar-refractivity contribution is -0.155. The Bertz CT molecular complexity index is 1090. The van der Waals surface area contributed by atoms with E-state index in [0.717, 1.165) is 0 Å². The Balaban J connectivity index is 1.65. The Labute approximate surface area is 187 Å². The van der Waals surface area contributed by atoms with Crippen LogP contribution in [-0.4, -0.2) is 41.3 Å². The fraction of sp³-hybridized carbons (Fsp3) is 0.522. The minimum Gasteiger partial charge on any atom is -0.478 e. The van der Waals surface area contributed by atoms with E-state index in [1.807, 2.05) is 20.8 Å². The molecular formula is C23H29NO7S. The first-order valence-electron chi connectivity index (χ1n) is 10.6. The van der Waals surface area contributed by atoms with Gasteiger partial charge in [0, 0.05) is 12.0 Å². The number of aromatic carboxylic acids is 1. The predicted octanol–water partition coefficient (Wildman–Crippen LogP) is 4.16. The molecule has 3 rings (SSSR count). The van der Waals surface area contributed by atoms with Gasteiger partial charge in [-0.25, -0.2) is 18.2 Å². The monoisotopic (exact) mass is 463 g/mol. The molecule has 0 spiro atoms. The molecule has 0 bridgehead atoms. The molecule has 8 nitrogen and oxygen atoms in total. The lowest BCUT2D eigenvalue weighted by Crippen LogP contribution is -2.25. The number of hydrogen-bond donors (Lipinski definition) is 1. The van der Waals surface area contributed by atoms with E-state index in [0.29, 0.717) is 36.3 Å². The zero-order valence-corrected chi connectivity index (χ0v) is 19.6. The smallest absolute Gasteiger partial charge is 0.335 e. The minimum atomic E-state index is -3.48. The molecule has 1 saturated carbocycles. The van der Waals surface area contributed by atoms with Crippen LogP contribution in [0.4, 0.5) is 0 Å². The number of carbonyl (C=O) groups excluding carboxylic acids is 1. The quantitative estimate of drug-likeness (QED) is 0.607. The molecule has 174 valence electrons. The highest BCUT2D eigenvalue weighted by Crippen LogP contribution is 2.35. The number of sulfone groups is 1. The summed E-state index contributed by atoms with van der Waals surface area (Å²) >= 11 is 0. The van der Waals surface area contributed by atoms with Crippen LogP contribution in [0.3, 0.4) is 0 Å². The number of esters is 1. The molecule has 1 aromatic heterocycles. The van der Waals surface area contributed by atoms with Crippen LogP contribution >= 0.6 is 0 Å². The van der Waals surface area contributed by atoms with Crippen LogP contribution in [0.25, 0.3) is 11.5 Å². The summed E-state index contributed by atoms with van der Waals surface area (Å²) < 4.78 is 37.0. The maximum Gasteiger partial charge on any atom is 0.335 e. The van der Waals surface area contributed by atoms with E-state index in [1.165, 1.54) is 12.1 Å². The first-order valence-corrected chi connectivity index (χ1v) is 12.3. The number of nitrogens with zero attached hydrogens (tertiary/aromatic N) is 1. The number of aromatic nitrogens is 1. The van der Waals surface area contributed by atoms with E-state index in [9.17, 15) is 18.0 Å². The summed E-state index contributed by atoms with van der Waals surface area (Å²) in [6.07, 6.45) is 1.84. The fourth-order valence-electron chi connectivity index (χ4n) is 3.91. The summed E-state index contributed by atoms with van der Waals surface area (Å²) in [5, 5.41) is 8.49. The van der Waals surface area contributed by atoms with Crippen molar-refractivity contribution in [1.29, 1.82) is 0 Å². The Morgan fingerprint density at radius 1 is 1.19 bits per heavy atom. The van der Waals surface area contributed by atoms with Crippen molar-refractivity contribution in [3.63, 3.8) is 0 Å². The van der Waals surface area contributed by atoms with Gasteiger partial charge in [-0.2, -0.15) is 0 Å². The predicted molar refractivity (Wildman–Crippen MR) is 118 cm³/mol. The molecule has 2 aromatic rings. The number of hydrogen-bond acceptors (Lipinski definition) is 7. The lowest BCUT2D eigenvalue weighted by atomic mass is 10.0. The lowest BCUT2D eigenvalue weighted by Gasteiger charge is -2.20.